The third-order valence-corrected chi connectivity index (χ3v) is 5.98. The molecule has 1 atom stereocenters. The zero-order valence-electron chi connectivity index (χ0n) is 16.6. The quantitative estimate of drug-likeness (QED) is 0.627. The van der Waals surface area contributed by atoms with Gasteiger partial charge in [0.1, 0.15) is 17.8 Å². The molecule has 150 valence electrons. The summed E-state index contributed by atoms with van der Waals surface area (Å²) in [5, 5.41) is 7.68. The lowest BCUT2D eigenvalue weighted by molar-refractivity contribution is 0.583. The fraction of sp³-hybridized carbons (Fsp3) is 0.292. The van der Waals surface area contributed by atoms with E-state index in [2.05, 4.69) is 17.2 Å². The molecule has 2 aromatic carbocycles. The normalized spacial score (nSPS) is 19.0. The Hall–Kier alpha value is -2.59. The van der Waals surface area contributed by atoms with Crippen LogP contribution in [0.15, 0.2) is 65.3 Å². The van der Waals surface area contributed by atoms with Crippen LogP contribution in [0.5, 0.6) is 0 Å². The molecule has 2 aromatic rings. The van der Waals surface area contributed by atoms with E-state index in [1.54, 1.807) is 13.0 Å². The number of allylic oxidation sites excluding steroid dienone is 1. The third kappa shape index (κ3) is 4.08. The van der Waals surface area contributed by atoms with Crippen LogP contribution in [0.25, 0.3) is 5.70 Å². The van der Waals surface area contributed by atoms with E-state index < -0.39 is 0 Å². The van der Waals surface area contributed by atoms with Crippen LogP contribution in [-0.2, 0) is 0 Å². The van der Waals surface area contributed by atoms with Crippen LogP contribution < -0.4 is 10.6 Å². The molecule has 1 aliphatic heterocycles. The van der Waals surface area contributed by atoms with Gasteiger partial charge in [0.15, 0.2) is 0 Å². The fourth-order valence-corrected chi connectivity index (χ4v) is 4.24. The van der Waals surface area contributed by atoms with Crippen molar-refractivity contribution in [3.63, 3.8) is 0 Å². The number of nitrogens with zero attached hydrogens (tertiary/aromatic N) is 1. The van der Waals surface area contributed by atoms with Gasteiger partial charge >= 0.3 is 0 Å². The Kier molecular flexibility index (Phi) is 5.72. The predicted molar refractivity (Wildman–Crippen MR) is 118 cm³/mol. The van der Waals surface area contributed by atoms with Crippen LogP contribution in [0.1, 0.15) is 55.0 Å². The van der Waals surface area contributed by atoms with Crippen LogP contribution in [0, 0.1) is 12.7 Å². The summed E-state index contributed by atoms with van der Waals surface area (Å²) in [7, 11) is 0. The Morgan fingerprint density at radius 2 is 1.93 bits per heavy atom. The molecule has 5 heteroatoms. The first-order valence-corrected chi connectivity index (χ1v) is 10.4. The topological polar surface area (TPSA) is 36.4 Å². The number of aliphatic imine (C=N–C) groups is 1. The van der Waals surface area contributed by atoms with E-state index in [4.69, 9.17) is 16.6 Å². The van der Waals surface area contributed by atoms with E-state index in [0.717, 1.165) is 42.6 Å². The minimum atomic E-state index is -0.260. The maximum atomic E-state index is 14.0. The number of nitrogens with one attached hydrogen (secondary N) is 2. The molecule has 3 nitrogen and oxygen atoms in total. The summed E-state index contributed by atoms with van der Waals surface area (Å²) >= 11 is 6.45. The van der Waals surface area contributed by atoms with Crippen molar-refractivity contribution in [2.45, 2.75) is 45.2 Å². The van der Waals surface area contributed by atoms with Gasteiger partial charge in [0.2, 0.25) is 0 Å². The van der Waals surface area contributed by atoms with Crippen LogP contribution in [0.4, 0.5) is 4.39 Å². The van der Waals surface area contributed by atoms with Gasteiger partial charge < -0.3 is 10.6 Å². The third-order valence-electron chi connectivity index (χ3n) is 5.63. The molecular formula is C24H25ClFN3. The molecule has 4 rings (SSSR count). The highest BCUT2D eigenvalue weighted by molar-refractivity contribution is 6.31. The minimum absolute atomic E-state index is 0.235. The summed E-state index contributed by atoms with van der Waals surface area (Å²) in [4.78, 5) is 4.95. The molecule has 0 saturated carbocycles. The van der Waals surface area contributed by atoms with Crippen molar-refractivity contribution >= 4 is 23.1 Å². The predicted octanol–water partition coefficient (Wildman–Crippen LogP) is 6.27. The molecular weight excluding hydrogens is 385 g/mol. The number of hydrogen-bond donors (Lipinski definition) is 2. The number of rotatable bonds is 3. The van der Waals surface area contributed by atoms with E-state index >= 15 is 0 Å². The van der Waals surface area contributed by atoms with Crippen LogP contribution >= 0.6 is 11.6 Å². The Bertz CT molecular complexity index is 1010. The largest absolute Gasteiger partial charge is 0.363 e. The number of amidine groups is 1. The molecule has 1 heterocycles. The number of benzene rings is 2. The summed E-state index contributed by atoms with van der Waals surface area (Å²) in [5.74, 6) is 0.570. The van der Waals surface area contributed by atoms with E-state index in [9.17, 15) is 4.39 Å². The van der Waals surface area contributed by atoms with Gasteiger partial charge in [0.05, 0.1) is 0 Å². The second-order valence-electron chi connectivity index (χ2n) is 7.58. The standard InChI is InChI=1S/C24H25ClFN3/c1-15-17(11-8-13-21(15)26)16(2)27-24-19-10-4-3-5-14-22(19)28-23(29-24)18-9-6-7-12-20(18)25/h6-9,11-13,23,28H,2-5,10,14H2,1H3,(H,27,29). The van der Waals surface area contributed by atoms with Crippen molar-refractivity contribution in [1.82, 2.24) is 10.6 Å². The van der Waals surface area contributed by atoms with Crippen molar-refractivity contribution in [3.8, 4) is 0 Å². The van der Waals surface area contributed by atoms with Crippen molar-refractivity contribution in [2.75, 3.05) is 0 Å². The summed E-state index contributed by atoms with van der Waals surface area (Å²) in [5.41, 5.74) is 5.34. The van der Waals surface area contributed by atoms with Gasteiger partial charge in [-0.1, -0.05) is 54.9 Å². The number of hydrogen-bond acceptors (Lipinski definition) is 3. The first kappa shape index (κ1) is 19.7. The van der Waals surface area contributed by atoms with Crippen LogP contribution in [0.2, 0.25) is 5.02 Å². The molecule has 0 fully saturated rings. The molecule has 2 N–H and O–H groups in total. The molecule has 0 bridgehead atoms. The van der Waals surface area contributed by atoms with Gasteiger partial charge in [-0.05, 0) is 50.3 Å². The lowest BCUT2D eigenvalue weighted by Crippen LogP contribution is -2.35. The minimum Gasteiger partial charge on any atom is -0.363 e. The Balaban J connectivity index is 1.70. The molecule has 1 aliphatic carbocycles. The second-order valence-corrected chi connectivity index (χ2v) is 7.99. The maximum Gasteiger partial charge on any atom is 0.148 e. The molecule has 0 amide bonds. The van der Waals surface area contributed by atoms with Crippen LogP contribution in [-0.4, -0.2) is 5.84 Å². The van der Waals surface area contributed by atoms with E-state index in [1.807, 2.05) is 30.3 Å². The average molecular weight is 410 g/mol. The Morgan fingerprint density at radius 3 is 2.76 bits per heavy atom. The van der Waals surface area contributed by atoms with Crippen molar-refractivity contribution in [1.29, 1.82) is 0 Å². The molecule has 0 radical (unpaired) electrons. The highest BCUT2D eigenvalue weighted by atomic mass is 35.5. The van der Waals surface area contributed by atoms with Gasteiger partial charge in [0.25, 0.3) is 0 Å². The summed E-state index contributed by atoms with van der Waals surface area (Å²) in [6.07, 6.45) is 5.16. The first-order valence-electron chi connectivity index (χ1n) is 10.1. The molecule has 2 aliphatic rings. The molecule has 29 heavy (non-hydrogen) atoms. The lowest BCUT2D eigenvalue weighted by Gasteiger charge is -2.29. The van der Waals surface area contributed by atoms with Crippen LogP contribution in [0.3, 0.4) is 0 Å². The van der Waals surface area contributed by atoms with Gasteiger partial charge in [-0.2, -0.15) is 0 Å². The van der Waals surface area contributed by atoms with Gasteiger partial charge in [0, 0.05) is 33.1 Å². The Labute approximate surface area is 176 Å². The van der Waals surface area contributed by atoms with Gasteiger partial charge in [-0.3, -0.25) is 0 Å². The molecule has 1 unspecified atom stereocenters. The zero-order chi connectivity index (χ0) is 20.4. The smallest absolute Gasteiger partial charge is 0.148 e. The Morgan fingerprint density at radius 1 is 1.14 bits per heavy atom. The maximum absolute atomic E-state index is 14.0. The monoisotopic (exact) mass is 409 g/mol. The van der Waals surface area contributed by atoms with Crippen molar-refractivity contribution in [2.24, 2.45) is 4.99 Å². The van der Waals surface area contributed by atoms with E-state index in [-0.39, 0.29) is 12.0 Å². The molecule has 0 spiro atoms. The lowest BCUT2D eigenvalue weighted by atomic mass is 10.0. The van der Waals surface area contributed by atoms with Gasteiger partial charge in [-0.15, -0.1) is 0 Å². The molecule has 0 saturated heterocycles. The first-order chi connectivity index (χ1) is 14.0. The van der Waals surface area contributed by atoms with E-state index in [0.29, 0.717) is 16.3 Å². The average Bonchev–Trinajstić information content (AvgIpc) is 2.96. The van der Waals surface area contributed by atoms with Crippen molar-refractivity contribution < 1.29 is 4.39 Å². The summed E-state index contributed by atoms with van der Waals surface area (Å²) in [6, 6.07) is 12.8. The van der Waals surface area contributed by atoms with Crippen molar-refractivity contribution in [3.05, 3.63) is 87.8 Å². The summed E-state index contributed by atoms with van der Waals surface area (Å²) in [6.45, 7) is 5.94. The van der Waals surface area contributed by atoms with Gasteiger partial charge in [-0.25, -0.2) is 9.38 Å². The fourth-order valence-electron chi connectivity index (χ4n) is 4.00. The molecule has 0 aromatic heterocycles. The summed E-state index contributed by atoms with van der Waals surface area (Å²) < 4.78 is 14.0. The number of halogens is 2. The SMILES string of the molecule is C=C(NC1=NC(c2ccccc2Cl)NC2=C1CCCCC2)c1cccc(F)c1C. The zero-order valence-corrected chi connectivity index (χ0v) is 17.3. The second kappa shape index (κ2) is 8.42. The highest BCUT2D eigenvalue weighted by Gasteiger charge is 2.26. The highest BCUT2D eigenvalue weighted by Crippen LogP contribution is 2.33. The van der Waals surface area contributed by atoms with E-state index in [1.165, 1.54) is 23.8 Å².